The molecular formula is C21H29N3O3. The molecule has 2 aliphatic heterocycles. The van der Waals surface area contributed by atoms with Gasteiger partial charge >= 0.3 is 0 Å². The number of benzene rings is 1. The van der Waals surface area contributed by atoms with E-state index in [0.29, 0.717) is 29.5 Å². The molecule has 0 saturated carbocycles. The molecule has 2 aliphatic rings. The number of nitrogens with one attached hydrogen (secondary N) is 1. The first-order valence-corrected chi connectivity index (χ1v) is 9.97. The third-order valence-electron chi connectivity index (χ3n) is 5.56. The van der Waals surface area contributed by atoms with Crippen LogP contribution in [0, 0.1) is 5.92 Å². The van der Waals surface area contributed by atoms with Crippen molar-refractivity contribution in [1.82, 2.24) is 9.80 Å². The van der Waals surface area contributed by atoms with E-state index in [2.05, 4.69) is 5.32 Å². The Labute approximate surface area is 160 Å². The van der Waals surface area contributed by atoms with Gasteiger partial charge in [0.2, 0.25) is 11.8 Å². The number of anilines is 1. The van der Waals surface area contributed by atoms with Crippen molar-refractivity contribution in [2.24, 2.45) is 5.92 Å². The molecule has 3 rings (SSSR count). The molecule has 1 N–H and O–H groups in total. The molecule has 2 fully saturated rings. The molecule has 0 spiro atoms. The van der Waals surface area contributed by atoms with Crippen molar-refractivity contribution in [3.63, 3.8) is 0 Å². The highest BCUT2D eigenvalue weighted by atomic mass is 16.2. The van der Waals surface area contributed by atoms with Crippen molar-refractivity contribution in [3.05, 3.63) is 29.8 Å². The lowest BCUT2D eigenvalue weighted by Crippen LogP contribution is -2.38. The number of hydrogen-bond donors (Lipinski definition) is 1. The maximum atomic E-state index is 12.7. The third kappa shape index (κ3) is 5.31. The third-order valence-corrected chi connectivity index (χ3v) is 5.56. The first-order valence-electron chi connectivity index (χ1n) is 9.97. The lowest BCUT2D eigenvalue weighted by Gasteiger charge is -2.32. The van der Waals surface area contributed by atoms with Crippen LogP contribution in [-0.2, 0) is 9.59 Å². The summed E-state index contributed by atoms with van der Waals surface area (Å²) in [5, 5.41) is 2.71. The SMILES string of the molecule is CC(=O)Nc1cccc(C(=O)N2CCC(CCC(=O)N3CCCC3)CC2)c1. The summed E-state index contributed by atoms with van der Waals surface area (Å²) in [6.07, 6.45) is 5.73. The second kappa shape index (κ2) is 9.02. The van der Waals surface area contributed by atoms with Gasteiger partial charge < -0.3 is 15.1 Å². The number of amides is 3. The van der Waals surface area contributed by atoms with Gasteiger partial charge in [0.1, 0.15) is 0 Å². The van der Waals surface area contributed by atoms with E-state index < -0.39 is 0 Å². The van der Waals surface area contributed by atoms with Crippen LogP contribution in [0.3, 0.4) is 0 Å². The summed E-state index contributed by atoms with van der Waals surface area (Å²) in [4.78, 5) is 40.0. The van der Waals surface area contributed by atoms with Crippen LogP contribution >= 0.6 is 0 Å². The largest absolute Gasteiger partial charge is 0.343 e. The van der Waals surface area contributed by atoms with Crippen LogP contribution in [0.25, 0.3) is 0 Å². The van der Waals surface area contributed by atoms with Crippen molar-refractivity contribution < 1.29 is 14.4 Å². The summed E-state index contributed by atoms with van der Waals surface area (Å²) in [6, 6.07) is 7.08. The predicted octanol–water partition coefficient (Wildman–Crippen LogP) is 2.90. The molecule has 0 radical (unpaired) electrons. The predicted molar refractivity (Wildman–Crippen MR) is 104 cm³/mol. The standard InChI is InChI=1S/C21H29N3O3/c1-16(25)22-19-6-4-5-18(15-19)21(27)24-13-9-17(10-14-24)7-8-20(26)23-11-2-3-12-23/h4-6,15,17H,2-3,7-14H2,1H3,(H,22,25). The van der Waals surface area contributed by atoms with Gasteiger partial charge in [0.05, 0.1) is 0 Å². The maximum Gasteiger partial charge on any atom is 0.253 e. The minimum atomic E-state index is -0.149. The molecule has 0 unspecified atom stereocenters. The number of nitrogens with zero attached hydrogens (tertiary/aromatic N) is 2. The number of hydrogen-bond acceptors (Lipinski definition) is 3. The first-order chi connectivity index (χ1) is 13.0. The van der Waals surface area contributed by atoms with Gasteiger partial charge in [-0.2, -0.15) is 0 Å². The molecule has 0 atom stereocenters. The highest BCUT2D eigenvalue weighted by Crippen LogP contribution is 2.24. The Hall–Kier alpha value is -2.37. The molecule has 0 aliphatic carbocycles. The average molecular weight is 371 g/mol. The lowest BCUT2D eigenvalue weighted by atomic mass is 9.91. The molecule has 2 heterocycles. The molecule has 27 heavy (non-hydrogen) atoms. The van der Waals surface area contributed by atoms with Crippen LogP contribution < -0.4 is 5.32 Å². The number of rotatable bonds is 5. The van der Waals surface area contributed by atoms with Gasteiger partial charge in [-0.1, -0.05) is 6.07 Å². The highest BCUT2D eigenvalue weighted by molar-refractivity contribution is 5.96. The quantitative estimate of drug-likeness (QED) is 0.865. The molecule has 1 aromatic rings. The van der Waals surface area contributed by atoms with E-state index >= 15 is 0 Å². The van der Waals surface area contributed by atoms with Crippen LogP contribution in [-0.4, -0.2) is 53.7 Å². The minimum absolute atomic E-state index is 0.00814. The summed E-state index contributed by atoms with van der Waals surface area (Å²) in [5.41, 5.74) is 1.24. The summed E-state index contributed by atoms with van der Waals surface area (Å²) in [5.74, 6) is 0.671. The van der Waals surface area contributed by atoms with Gasteiger partial charge in [0.15, 0.2) is 0 Å². The van der Waals surface area contributed by atoms with Crippen molar-refractivity contribution in [1.29, 1.82) is 0 Å². The summed E-state index contributed by atoms with van der Waals surface area (Å²) >= 11 is 0. The lowest BCUT2D eigenvalue weighted by molar-refractivity contribution is -0.130. The number of piperidine rings is 1. The zero-order chi connectivity index (χ0) is 19.2. The van der Waals surface area contributed by atoms with E-state index in [1.54, 1.807) is 24.3 Å². The van der Waals surface area contributed by atoms with Crippen molar-refractivity contribution >= 4 is 23.4 Å². The van der Waals surface area contributed by atoms with E-state index in [1.807, 2.05) is 9.80 Å². The van der Waals surface area contributed by atoms with Crippen molar-refractivity contribution in [2.75, 3.05) is 31.5 Å². The van der Waals surface area contributed by atoms with Crippen molar-refractivity contribution in [2.45, 2.75) is 45.4 Å². The molecule has 6 nitrogen and oxygen atoms in total. The van der Waals surface area contributed by atoms with Gasteiger partial charge in [0, 0.05) is 50.8 Å². The molecule has 0 aromatic heterocycles. The second-order valence-electron chi connectivity index (χ2n) is 7.62. The Balaban J connectivity index is 1.46. The normalized spacial score (nSPS) is 17.8. The molecule has 6 heteroatoms. The minimum Gasteiger partial charge on any atom is -0.343 e. The van der Waals surface area contributed by atoms with Gasteiger partial charge in [-0.3, -0.25) is 14.4 Å². The van der Waals surface area contributed by atoms with Gasteiger partial charge in [-0.15, -0.1) is 0 Å². The van der Waals surface area contributed by atoms with E-state index in [9.17, 15) is 14.4 Å². The second-order valence-corrected chi connectivity index (χ2v) is 7.62. The Kier molecular flexibility index (Phi) is 6.48. The molecule has 1 aromatic carbocycles. The Morgan fingerprint density at radius 3 is 2.41 bits per heavy atom. The molecule has 2 saturated heterocycles. The van der Waals surface area contributed by atoms with Gasteiger partial charge in [-0.05, 0) is 56.2 Å². The Morgan fingerprint density at radius 1 is 1.04 bits per heavy atom. The fraction of sp³-hybridized carbons (Fsp3) is 0.571. The zero-order valence-electron chi connectivity index (χ0n) is 16.1. The van der Waals surface area contributed by atoms with Crippen LogP contribution in [0.4, 0.5) is 5.69 Å². The number of carbonyl (C=O) groups is 3. The number of carbonyl (C=O) groups excluding carboxylic acids is 3. The summed E-state index contributed by atoms with van der Waals surface area (Å²) < 4.78 is 0. The topological polar surface area (TPSA) is 69.7 Å². The Bertz CT molecular complexity index is 690. The van der Waals surface area contributed by atoms with Crippen LogP contribution in [0.15, 0.2) is 24.3 Å². The average Bonchev–Trinajstić information content (AvgIpc) is 3.20. The van der Waals surface area contributed by atoms with Crippen molar-refractivity contribution in [3.8, 4) is 0 Å². The van der Waals surface area contributed by atoms with E-state index in [-0.39, 0.29) is 11.8 Å². The van der Waals surface area contributed by atoms with Crippen LogP contribution in [0.1, 0.15) is 55.8 Å². The zero-order valence-corrected chi connectivity index (χ0v) is 16.1. The smallest absolute Gasteiger partial charge is 0.253 e. The van der Waals surface area contributed by atoms with Crippen LogP contribution in [0.2, 0.25) is 0 Å². The van der Waals surface area contributed by atoms with Crippen LogP contribution in [0.5, 0.6) is 0 Å². The summed E-state index contributed by atoms with van der Waals surface area (Å²) in [6.45, 7) is 4.75. The monoisotopic (exact) mass is 371 g/mol. The van der Waals surface area contributed by atoms with Gasteiger partial charge in [0.25, 0.3) is 5.91 Å². The molecule has 146 valence electrons. The number of likely N-dealkylation sites (tertiary alicyclic amines) is 2. The molecular weight excluding hydrogens is 342 g/mol. The van der Waals surface area contributed by atoms with E-state index in [1.165, 1.54) is 6.92 Å². The maximum absolute atomic E-state index is 12.7. The van der Waals surface area contributed by atoms with Gasteiger partial charge in [-0.25, -0.2) is 0 Å². The molecule has 0 bridgehead atoms. The Morgan fingerprint density at radius 2 is 1.74 bits per heavy atom. The molecule has 3 amide bonds. The van der Waals surface area contributed by atoms with E-state index in [0.717, 1.165) is 58.3 Å². The first kappa shape index (κ1) is 19.4. The summed E-state index contributed by atoms with van der Waals surface area (Å²) in [7, 11) is 0. The fourth-order valence-electron chi connectivity index (χ4n) is 3.99. The fourth-order valence-corrected chi connectivity index (χ4v) is 3.99. The van der Waals surface area contributed by atoms with E-state index in [4.69, 9.17) is 0 Å². The highest BCUT2D eigenvalue weighted by Gasteiger charge is 2.25.